The Hall–Kier alpha value is -3.54. The van der Waals surface area contributed by atoms with E-state index in [-0.39, 0.29) is 18.3 Å². The quantitative estimate of drug-likeness (QED) is 0.205. The zero-order valence-corrected chi connectivity index (χ0v) is 20.2. The summed E-state index contributed by atoms with van der Waals surface area (Å²) in [6, 6.07) is 15.6. The van der Waals surface area contributed by atoms with E-state index >= 15 is 0 Å². The number of aliphatic carboxylic acids is 1. The summed E-state index contributed by atoms with van der Waals surface area (Å²) in [5, 5.41) is 10.9. The van der Waals surface area contributed by atoms with Gasteiger partial charge in [-0.15, -0.1) is 0 Å². The first kappa shape index (κ1) is 25.1. The number of esters is 1. The lowest BCUT2D eigenvalue weighted by Crippen LogP contribution is -2.09. The van der Waals surface area contributed by atoms with Crippen LogP contribution < -0.4 is 14.2 Å². The Morgan fingerprint density at radius 2 is 1.50 bits per heavy atom. The Morgan fingerprint density at radius 3 is 2.06 bits per heavy atom. The van der Waals surface area contributed by atoms with Crippen LogP contribution >= 0.6 is 0 Å². The van der Waals surface area contributed by atoms with Crippen LogP contribution in [0.1, 0.15) is 61.6 Å². The number of hydrogen-bond donors (Lipinski definition) is 1. The summed E-state index contributed by atoms with van der Waals surface area (Å²) >= 11 is 0. The van der Waals surface area contributed by atoms with Gasteiger partial charge in [-0.3, -0.25) is 9.59 Å². The van der Waals surface area contributed by atoms with Gasteiger partial charge in [0.1, 0.15) is 17.2 Å². The summed E-state index contributed by atoms with van der Waals surface area (Å²) in [5.74, 6) is 0.988. The van der Waals surface area contributed by atoms with Crippen LogP contribution in [0.4, 0.5) is 0 Å². The molecule has 0 spiro atoms. The summed E-state index contributed by atoms with van der Waals surface area (Å²) in [6.45, 7) is 3.43. The first-order valence-electron chi connectivity index (χ1n) is 11.5. The van der Waals surface area contributed by atoms with Crippen LogP contribution in [0.5, 0.6) is 17.2 Å². The van der Waals surface area contributed by atoms with Gasteiger partial charge in [0.2, 0.25) is 0 Å². The maximum atomic E-state index is 11.3. The van der Waals surface area contributed by atoms with Crippen molar-refractivity contribution in [1.29, 1.82) is 0 Å². The van der Waals surface area contributed by atoms with Crippen LogP contribution in [0, 0.1) is 6.92 Å². The third kappa shape index (κ3) is 5.68. The number of carboxylic acid groups (broad SMARTS) is 1. The molecule has 0 saturated heterocycles. The second kappa shape index (κ2) is 11.5. The molecule has 34 heavy (non-hydrogen) atoms. The predicted octanol–water partition coefficient (Wildman–Crippen LogP) is 6.26. The molecule has 0 aliphatic carbocycles. The molecule has 0 heterocycles. The van der Waals surface area contributed by atoms with E-state index < -0.39 is 5.97 Å². The Kier molecular flexibility index (Phi) is 8.52. The van der Waals surface area contributed by atoms with Crippen LogP contribution in [0.15, 0.2) is 48.5 Å². The lowest BCUT2D eigenvalue weighted by molar-refractivity contribution is -0.137. The van der Waals surface area contributed by atoms with E-state index in [9.17, 15) is 9.59 Å². The molecule has 3 aromatic carbocycles. The van der Waals surface area contributed by atoms with E-state index in [1.165, 1.54) is 6.92 Å². The third-order valence-corrected chi connectivity index (χ3v) is 6.09. The number of rotatable bonds is 11. The van der Waals surface area contributed by atoms with Crippen LogP contribution in [0.2, 0.25) is 0 Å². The topological polar surface area (TPSA) is 82.1 Å². The molecule has 0 fully saturated rings. The second-order valence-corrected chi connectivity index (χ2v) is 8.36. The fraction of sp³-hybridized carbons (Fsp3) is 0.357. The molecule has 6 nitrogen and oxygen atoms in total. The number of methoxy groups -OCH3 is 2. The predicted molar refractivity (Wildman–Crippen MR) is 132 cm³/mol. The van der Waals surface area contributed by atoms with Gasteiger partial charge in [0.05, 0.1) is 14.2 Å². The van der Waals surface area contributed by atoms with Gasteiger partial charge in [0, 0.05) is 35.6 Å². The molecule has 0 aliphatic rings. The number of unbranched alkanes of at least 4 members (excludes halogenated alkanes) is 2. The van der Waals surface area contributed by atoms with E-state index in [0.717, 1.165) is 58.2 Å². The SMILES string of the molecule is COc1c(C)c(C(CCCCCC(=O)O)c2ccc(OC(C)=O)cc2)c(OC)c2ccccc12. The summed E-state index contributed by atoms with van der Waals surface area (Å²) in [4.78, 5) is 22.2. The van der Waals surface area contributed by atoms with Crippen molar-refractivity contribution in [2.24, 2.45) is 0 Å². The van der Waals surface area contributed by atoms with E-state index in [4.69, 9.17) is 19.3 Å². The standard InChI is InChI=1S/C28H32O6/c1-18-26(28(33-4)24-12-9-8-11-23(24)27(18)32-3)22(10-6-5-7-13-25(30)31)20-14-16-21(17-15-20)34-19(2)29/h8-9,11-12,14-17,22H,5-7,10,13H2,1-4H3,(H,30,31). The van der Waals surface area contributed by atoms with Crippen LogP contribution in [-0.2, 0) is 9.59 Å². The molecule has 1 N–H and O–H groups in total. The molecule has 0 radical (unpaired) electrons. The molecule has 180 valence electrons. The molecule has 1 unspecified atom stereocenters. The molecule has 1 atom stereocenters. The number of carboxylic acids is 1. The summed E-state index contributed by atoms with van der Waals surface area (Å²) in [6.07, 6.45) is 3.31. The molecule has 6 heteroatoms. The molecule has 0 bridgehead atoms. The summed E-state index contributed by atoms with van der Waals surface area (Å²) < 4.78 is 17.0. The monoisotopic (exact) mass is 464 g/mol. The largest absolute Gasteiger partial charge is 0.496 e. The van der Waals surface area contributed by atoms with Gasteiger partial charge in [-0.1, -0.05) is 49.2 Å². The lowest BCUT2D eigenvalue weighted by atomic mass is 9.82. The average molecular weight is 465 g/mol. The van der Waals surface area contributed by atoms with Gasteiger partial charge in [0.25, 0.3) is 0 Å². The van der Waals surface area contributed by atoms with Gasteiger partial charge >= 0.3 is 11.9 Å². The Morgan fingerprint density at radius 1 is 0.882 bits per heavy atom. The number of ether oxygens (including phenoxy) is 3. The highest BCUT2D eigenvalue weighted by molar-refractivity contribution is 5.96. The highest BCUT2D eigenvalue weighted by Gasteiger charge is 2.26. The van der Waals surface area contributed by atoms with Crippen LogP contribution in [-0.4, -0.2) is 31.3 Å². The molecule has 0 amide bonds. The highest BCUT2D eigenvalue weighted by atomic mass is 16.5. The first-order chi connectivity index (χ1) is 16.4. The van der Waals surface area contributed by atoms with Gasteiger partial charge < -0.3 is 19.3 Å². The number of hydrogen-bond acceptors (Lipinski definition) is 5. The van der Waals surface area contributed by atoms with Gasteiger partial charge in [0.15, 0.2) is 0 Å². The Bertz CT molecular complexity index is 1150. The number of carbonyl (C=O) groups is 2. The maximum Gasteiger partial charge on any atom is 0.308 e. The Balaban J connectivity index is 2.09. The molecule has 3 aromatic rings. The van der Waals surface area contributed by atoms with E-state index in [1.807, 2.05) is 43.3 Å². The van der Waals surface area contributed by atoms with Crippen molar-refractivity contribution in [3.8, 4) is 17.2 Å². The normalized spacial score (nSPS) is 11.8. The van der Waals surface area contributed by atoms with Crippen molar-refractivity contribution in [3.05, 3.63) is 65.2 Å². The number of benzene rings is 3. The highest BCUT2D eigenvalue weighted by Crippen LogP contribution is 2.47. The minimum atomic E-state index is -0.769. The maximum absolute atomic E-state index is 11.3. The van der Waals surface area contributed by atoms with Crippen molar-refractivity contribution in [2.75, 3.05) is 14.2 Å². The minimum absolute atomic E-state index is 0.00957. The van der Waals surface area contributed by atoms with Gasteiger partial charge in [-0.05, 0) is 43.0 Å². The molecule has 0 saturated carbocycles. The van der Waals surface area contributed by atoms with Crippen LogP contribution in [0.25, 0.3) is 10.8 Å². The Labute approximate surface area is 200 Å². The molecular weight excluding hydrogens is 432 g/mol. The second-order valence-electron chi connectivity index (χ2n) is 8.36. The average Bonchev–Trinajstić information content (AvgIpc) is 2.81. The van der Waals surface area contributed by atoms with Crippen molar-refractivity contribution in [3.63, 3.8) is 0 Å². The molecular formula is C28H32O6. The molecule has 3 rings (SSSR count). The molecule has 0 aliphatic heterocycles. The van der Waals surface area contributed by atoms with E-state index in [2.05, 4.69) is 0 Å². The van der Waals surface area contributed by atoms with E-state index in [1.54, 1.807) is 26.4 Å². The van der Waals surface area contributed by atoms with Crippen LogP contribution in [0.3, 0.4) is 0 Å². The summed E-state index contributed by atoms with van der Waals surface area (Å²) in [5.41, 5.74) is 3.13. The number of carbonyl (C=O) groups excluding carboxylic acids is 1. The zero-order valence-electron chi connectivity index (χ0n) is 20.2. The third-order valence-electron chi connectivity index (χ3n) is 6.09. The lowest BCUT2D eigenvalue weighted by Gasteiger charge is -2.26. The van der Waals surface area contributed by atoms with Crippen molar-refractivity contribution in [2.45, 2.75) is 51.9 Å². The van der Waals surface area contributed by atoms with Gasteiger partial charge in [-0.25, -0.2) is 0 Å². The summed E-state index contributed by atoms with van der Waals surface area (Å²) in [7, 11) is 3.37. The van der Waals surface area contributed by atoms with Crippen molar-refractivity contribution >= 4 is 22.7 Å². The first-order valence-corrected chi connectivity index (χ1v) is 11.5. The zero-order chi connectivity index (χ0) is 24.7. The van der Waals surface area contributed by atoms with Gasteiger partial charge in [-0.2, -0.15) is 0 Å². The van der Waals surface area contributed by atoms with Crippen molar-refractivity contribution in [1.82, 2.24) is 0 Å². The van der Waals surface area contributed by atoms with Crippen molar-refractivity contribution < 1.29 is 28.9 Å². The fourth-order valence-corrected chi connectivity index (χ4v) is 4.63. The molecule has 0 aromatic heterocycles. The minimum Gasteiger partial charge on any atom is -0.496 e. The van der Waals surface area contributed by atoms with E-state index in [0.29, 0.717) is 12.2 Å². The fourth-order valence-electron chi connectivity index (χ4n) is 4.63. The smallest absolute Gasteiger partial charge is 0.308 e. The number of fused-ring (bicyclic) bond motifs is 1.